The number of aromatic nitrogens is 1. The minimum Gasteiger partial charge on any atom is -0.491 e. The fourth-order valence-corrected chi connectivity index (χ4v) is 2.72. The minimum atomic E-state index is -0.156. The molecule has 3 N–H and O–H groups in total. The van der Waals surface area contributed by atoms with Crippen LogP contribution < -0.4 is 20.9 Å². The summed E-state index contributed by atoms with van der Waals surface area (Å²) in [5.74, 6) is 0.934. The van der Waals surface area contributed by atoms with Gasteiger partial charge in [-0.25, -0.2) is 5.48 Å². The lowest BCUT2D eigenvalue weighted by Gasteiger charge is -2.08. The zero-order valence-corrected chi connectivity index (χ0v) is 18.5. The Morgan fingerprint density at radius 3 is 2.56 bits per heavy atom. The van der Waals surface area contributed by atoms with Crippen molar-refractivity contribution < 1.29 is 14.4 Å². The van der Waals surface area contributed by atoms with E-state index in [1.54, 1.807) is 48.8 Å². The topological polar surface area (TPSA) is 121 Å². The lowest BCUT2D eigenvalue weighted by molar-refractivity contribution is -0.134. The summed E-state index contributed by atoms with van der Waals surface area (Å²) in [6.07, 6.45) is 9.03. The van der Waals surface area contributed by atoms with E-state index in [0.717, 1.165) is 31.4 Å². The Bertz CT molecular complexity index is 871. The molecule has 0 aliphatic carbocycles. The van der Waals surface area contributed by atoms with Crippen molar-refractivity contribution in [3.63, 3.8) is 0 Å². The van der Waals surface area contributed by atoms with Crippen LogP contribution >= 0.6 is 11.6 Å². The van der Waals surface area contributed by atoms with Gasteiger partial charge in [-0.3, -0.25) is 24.9 Å². The largest absolute Gasteiger partial charge is 0.491 e. The number of anilines is 1. The van der Waals surface area contributed by atoms with E-state index in [1.807, 2.05) is 6.19 Å². The van der Waals surface area contributed by atoms with Crippen molar-refractivity contribution in [3.05, 3.63) is 53.8 Å². The first kappa shape index (κ1) is 24.9. The van der Waals surface area contributed by atoms with Gasteiger partial charge in [0.15, 0.2) is 6.19 Å². The number of pyridine rings is 1. The van der Waals surface area contributed by atoms with E-state index >= 15 is 0 Å². The number of aliphatic imine (C=N–C) groups is 1. The minimum absolute atomic E-state index is 0.156. The predicted molar refractivity (Wildman–Crippen MR) is 123 cm³/mol. The highest BCUT2D eigenvalue weighted by Crippen LogP contribution is 2.15. The lowest BCUT2D eigenvalue weighted by atomic mass is 10.1. The van der Waals surface area contributed by atoms with E-state index in [1.165, 1.54) is 0 Å². The van der Waals surface area contributed by atoms with Gasteiger partial charge in [0, 0.05) is 36.1 Å². The van der Waals surface area contributed by atoms with Crippen LogP contribution in [0.1, 0.15) is 32.1 Å². The van der Waals surface area contributed by atoms with Crippen LogP contribution in [0, 0.1) is 11.5 Å². The van der Waals surface area contributed by atoms with Crippen LogP contribution in [0.15, 0.2) is 53.8 Å². The molecule has 0 bridgehead atoms. The van der Waals surface area contributed by atoms with Crippen LogP contribution in [0.25, 0.3) is 0 Å². The molecule has 0 unspecified atom stereocenters. The number of ether oxygens (including phenoxy) is 1. The monoisotopic (exact) mass is 458 g/mol. The summed E-state index contributed by atoms with van der Waals surface area (Å²) in [6.45, 7) is 1.14. The number of hydrogen-bond donors (Lipinski definition) is 3. The van der Waals surface area contributed by atoms with E-state index in [2.05, 4.69) is 26.1 Å². The van der Waals surface area contributed by atoms with E-state index in [0.29, 0.717) is 36.3 Å². The summed E-state index contributed by atoms with van der Waals surface area (Å²) in [6, 6.07) is 10.6. The van der Waals surface area contributed by atoms with Crippen LogP contribution in [0.3, 0.4) is 0 Å². The number of carbonyl (C=O) groups is 1. The van der Waals surface area contributed by atoms with E-state index in [4.69, 9.17) is 26.4 Å². The summed E-state index contributed by atoms with van der Waals surface area (Å²) in [7, 11) is 0. The Balaban J connectivity index is 1.48. The zero-order valence-electron chi connectivity index (χ0n) is 17.7. The maximum Gasteiger partial charge on any atom is 0.243 e. The number of hydrogen-bond acceptors (Lipinski definition) is 6. The van der Waals surface area contributed by atoms with Gasteiger partial charge in [0.1, 0.15) is 19.0 Å². The second-order valence-electron chi connectivity index (χ2n) is 6.67. The number of benzene rings is 1. The maximum absolute atomic E-state index is 11.8. The van der Waals surface area contributed by atoms with Gasteiger partial charge in [-0.2, -0.15) is 5.26 Å². The Morgan fingerprint density at radius 1 is 1.06 bits per heavy atom. The molecular formula is C22H27ClN6O3. The number of rotatable bonds is 13. The van der Waals surface area contributed by atoms with Crippen LogP contribution in [0.5, 0.6) is 5.75 Å². The second kappa shape index (κ2) is 15.5. The molecule has 1 aromatic heterocycles. The fourth-order valence-electron chi connectivity index (χ4n) is 2.59. The van der Waals surface area contributed by atoms with Crippen molar-refractivity contribution in [2.45, 2.75) is 32.1 Å². The van der Waals surface area contributed by atoms with Crippen LogP contribution in [0.2, 0.25) is 5.02 Å². The molecule has 0 aliphatic rings. The Hall–Kier alpha value is -3.35. The molecule has 2 rings (SSSR count). The molecule has 1 heterocycles. The Morgan fingerprint density at radius 2 is 1.81 bits per heavy atom. The highest BCUT2D eigenvalue weighted by atomic mass is 35.5. The third kappa shape index (κ3) is 11.2. The molecule has 170 valence electrons. The molecule has 0 spiro atoms. The molecular weight excluding hydrogens is 432 g/mol. The number of guanidine groups is 1. The quantitative estimate of drug-likeness (QED) is 0.105. The zero-order chi connectivity index (χ0) is 22.9. The molecule has 0 aliphatic heterocycles. The van der Waals surface area contributed by atoms with Gasteiger partial charge >= 0.3 is 0 Å². The SMILES string of the molecule is N#CNC(=NCCCCCCC(=O)NOCCOc1ccc(Cl)cc1)Nc1ccncc1. The highest BCUT2D eigenvalue weighted by Gasteiger charge is 2.02. The standard InChI is InChI=1S/C22H27ClN6O3/c23-18-6-8-20(9-7-18)31-15-16-32-29-21(30)5-3-1-2-4-12-26-22(27-17-24)28-19-10-13-25-14-11-19/h6-11,13-14H,1-5,12,15-16H2,(H,29,30)(H2,25,26,27,28). The van der Waals surface area contributed by atoms with Crippen molar-refractivity contribution >= 4 is 29.2 Å². The third-order valence-electron chi connectivity index (χ3n) is 4.15. The summed E-state index contributed by atoms with van der Waals surface area (Å²) >= 11 is 5.81. The van der Waals surface area contributed by atoms with Gasteiger partial charge in [0.25, 0.3) is 0 Å². The van der Waals surface area contributed by atoms with E-state index in [-0.39, 0.29) is 12.5 Å². The number of nitriles is 1. The first-order valence-corrected chi connectivity index (χ1v) is 10.7. The van der Waals surface area contributed by atoms with Crippen molar-refractivity contribution in [2.75, 3.05) is 25.1 Å². The normalized spacial score (nSPS) is 10.8. The van der Waals surface area contributed by atoms with Gasteiger partial charge in [-0.1, -0.05) is 24.4 Å². The molecule has 0 atom stereocenters. The Kier molecular flexibility index (Phi) is 12.0. The molecule has 0 radical (unpaired) electrons. The molecule has 9 nitrogen and oxygen atoms in total. The van der Waals surface area contributed by atoms with Gasteiger partial charge in [-0.15, -0.1) is 0 Å². The van der Waals surface area contributed by atoms with Crippen LogP contribution in [0.4, 0.5) is 5.69 Å². The summed E-state index contributed by atoms with van der Waals surface area (Å²) in [4.78, 5) is 25.2. The summed E-state index contributed by atoms with van der Waals surface area (Å²) in [5, 5.41) is 15.0. The lowest BCUT2D eigenvalue weighted by Crippen LogP contribution is -2.27. The number of nitrogens with one attached hydrogen (secondary N) is 3. The number of hydroxylamine groups is 1. The Labute approximate surface area is 192 Å². The van der Waals surface area contributed by atoms with Gasteiger partial charge < -0.3 is 10.1 Å². The number of nitrogens with zero attached hydrogens (tertiary/aromatic N) is 3. The molecule has 1 aromatic carbocycles. The van der Waals surface area contributed by atoms with Crippen LogP contribution in [-0.4, -0.2) is 36.6 Å². The molecule has 0 fully saturated rings. The number of amides is 1. The number of halogens is 1. The van der Waals surface area contributed by atoms with E-state index in [9.17, 15) is 4.79 Å². The van der Waals surface area contributed by atoms with Crippen LogP contribution in [-0.2, 0) is 9.63 Å². The molecule has 32 heavy (non-hydrogen) atoms. The third-order valence-corrected chi connectivity index (χ3v) is 4.40. The number of unbranched alkanes of at least 4 members (excludes halogenated alkanes) is 3. The summed E-state index contributed by atoms with van der Waals surface area (Å²) < 4.78 is 5.47. The van der Waals surface area contributed by atoms with Crippen molar-refractivity contribution in [2.24, 2.45) is 4.99 Å². The maximum atomic E-state index is 11.8. The number of carbonyl (C=O) groups excluding carboxylic acids is 1. The van der Waals surface area contributed by atoms with Crippen molar-refractivity contribution in [1.29, 1.82) is 5.26 Å². The molecule has 0 saturated carbocycles. The second-order valence-corrected chi connectivity index (χ2v) is 7.10. The molecule has 0 saturated heterocycles. The smallest absolute Gasteiger partial charge is 0.243 e. The predicted octanol–water partition coefficient (Wildman–Crippen LogP) is 3.65. The van der Waals surface area contributed by atoms with Gasteiger partial charge in [0.05, 0.1) is 0 Å². The van der Waals surface area contributed by atoms with Crippen molar-refractivity contribution in [1.82, 2.24) is 15.8 Å². The molecule has 10 heteroatoms. The van der Waals surface area contributed by atoms with E-state index < -0.39 is 0 Å². The molecule has 2 aromatic rings. The average Bonchev–Trinajstić information content (AvgIpc) is 2.80. The highest BCUT2D eigenvalue weighted by molar-refractivity contribution is 6.30. The molecule has 1 amide bonds. The summed E-state index contributed by atoms with van der Waals surface area (Å²) in [5.41, 5.74) is 3.22. The van der Waals surface area contributed by atoms with Gasteiger partial charge in [-0.05, 0) is 49.2 Å². The average molecular weight is 459 g/mol. The van der Waals surface area contributed by atoms with Crippen molar-refractivity contribution in [3.8, 4) is 11.9 Å². The van der Waals surface area contributed by atoms with Gasteiger partial charge in [0.2, 0.25) is 11.9 Å². The first-order valence-electron chi connectivity index (χ1n) is 10.3. The first-order chi connectivity index (χ1) is 15.7. The fraction of sp³-hybridized carbons (Fsp3) is 0.364.